The van der Waals surface area contributed by atoms with Gasteiger partial charge in [0.25, 0.3) is 0 Å². The van der Waals surface area contributed by atoms with E-state index in [9.17, 15) is 13.2 Å². The third-order valence-electron chi connectivity index (χ3n) is 5.19. The van der Waals surface area contributed by atoms with Crippen LogP contribution in [0, 0.1) is 0 Å². The molecule has 1 aliphatic rings. The molecule has 4 heterocycles. The van der Waals surface area contributed by atoms with Gasteiger partial charge in [0.2, 0.25) is 5.76 Å². The summed E-state index contributed by atoms with van der Waals surface area (Å²) in [5.74, 6) is 1.65. The van der Waals surface area contributed by atoms with Crippen molar-refractivity contribution in [3.05, 3.63) is 77.4 Å². The first kappa shape index (κ1) is 19.5. The smallest absolute Gasteiger partial charge is 0.416 e. The van der Waals surface area contributed by atoms with E-state index in [0.29, 0.717) is 42.4 Å². The summed E-state index contributed by atoms with van der Waals surface area (Å²) in [5, 5.41) is 4.11. The summed E-state index contributed by atoms with van der Waals surface area (Å²) >= 11 is 0. The van der Waals surface area contributed by atoms with Gasteiger partial charge in [-0.05, 0) is 24.3 Å². The van der Waals surface area contributed by atoms with Crippen molar-refractivity contribution in [3.63, 3.8) is 0 Å². The van der Waals surface area contributed by atoms with Crippen molar-refractivity contribution in [3.8, 4) is 22.9 Å². The van der Waals surface area contributed by atoms with Crippen LogP contribution in [0.15, 0.2) is 63.9 Å². The van der Waals surface area contributed by atoms with E-state index >= 15 is 0 Å². The molecule has 0 saturated heterocycles. The second kappa shape index (κ2) is 7.66. The number of nitrogens with zero attached hydrogens (tertiary/aromatic N) is 4. The highest BCUT2D eigenvalue weighted by Gasteiger charge is 2.30. The standard InChI is InChI=1S/C22H17F3N4O2/c23-22(24,25)16-5-3-14(4-6-16)21-26-11-15-12-29(8-7-18(15)27-21)13-17-10-20(31-28-17)19-2-1-9-30-19/h1-6,9-11H,7-8,12-13H2. The second-order valence-electron chi connectivity index (χ2n) is 7.36. The van der Waals surface area contributed by atoms with Crippen molar-refractivity contribution in [2.24, 2.45) is 0 Å². The number of furan rings is 1. The lowest BCUT2D eigenvalue weighted by Crippen LogP contribution is -2.31. The summed E-state index contributed by atoms with van der Waals surface area (Å²) in [6, 6.07) is 10.4. The SMILES string of the molecule is FC(F)(F)c1ccc(-c2ncc3c(n2)CCN(Cc2cc(-c4ccco4)on2)C3)cc1. The monoisotopic (exact) mass is 426 g/mol. The Bertz CT molecular complexity index is 1180. The molecule has 5 rings (SSSR count). The molecule has 0 aliphatic carbocycles. The number of hydrogen-bond acceptors (Lipinski definition) is 6. The highest BCUT2D eigenvalue weighted by atomic mass is 19.4. The number of benzene rings is 1. The molecule has 1 aromatic carbocycles. The van der Waals surface area contributed by atoms with E-state index in [1.165, 1.54) is 12.1 Å². The first-order valence-electron chi connectivity index (χ1n) is 9.70. The number of halogens is 3. The Morgan fingerprint density at radius 3 is 2.65 bits per heavy atom. The van der Waals surface area contributed by atoms with Crippen molar-refractivity contribution in [2.45, 2.75) is 25.7 Å². The number of fused-ring (bicyclic) bond motifs is 1. The van der Waals surface area contributed by atoms with E-state index in [1.807, 2.05) is 12.1 Å². The molecule has 0 amide bonds. The minimum Gasteiger partial charge on any atom is -0.461 e. The van der Waals surface area contributed by atoms with Gasteiger partial charge in [0.1, 0.15) is 0 Å². The van der Waals surface area contributed by atoms with Crippen molar-refractivity contribution in [1.82, 2.24) is 20.0 Å². The topological polar surface area (TPSA) is 68.2 Å². The molecule has 31 heavy (non-hydrogen) atoms. The zero-order valence-corrected chi connectivity index (χ0v) is 16.3. The van der Waals surface area contributed by atoms with Gasteiger partial charge in [-0.3, -0.25) is 4.90 Å². The first-order chi connectivity index (χ1) is 15.0. The Hall–Kier alpha value is -3.46. The van der Waals surface area contributed by atoms with E-state index in [4.69, 9.17) is 8.94 Å². The Morgan fingerprint density at radius 1 is 1.06 bits per heavy atom. The normalized spacial score (nSPS) is 14.5. The summed E-state index contributed by atoms with van der Waals surface area (Å²) in [4.78, 5) is 11.2. The van der Waals surface area contributed by atoms with E-state index in [-0.39, 0.29) is 0 Å². The summed E-state index contributed by atoms with van der Waals surface area (Å²) in [5.41, 5.74) is 2.59. The van der Waals surface area contributed by atoms with Gasteiger partial charge < -0.3 is 8.94 Å². The largest absolute Gasteiger partial charge is 0.461 e. The molecule has 0 atom stereocenters. The fourth-order valence-corrected chi connectivity index (χ4v) is 3.61. The van der Waals surface area contributed by atoms with Crippen LogP contribution in [-0.4, -0.2) is 26.6 Å². The fraction of sp³-hybridized carbons (Fsp3) is 0.227. The number of hydrogen-bond donors (Lipinski definition) is 0. The van der Waals surface area contributed by atoms with Gasteiger partial charge in [0.05, 0.1) is 23.2 Å². The van der Waals surface area contributed by atoms with Crippen LogP contribution in [0.2, 0.25) is 0 Å². The molecule has 0 saturated carbocycles. The molecule has 3 aromatic heterocycles. The number of aromatic nitrogens is 3. The van der Waals surface area contributed by atoms with Gasteiger partial charge in [0, 0.05) is 49.4 Å². The highest BCUT2D eigenvalue weighted by molar-refractivity contribution is 5.56. The Balaban J connectivity index is 1.28. The predicted molar refractivity (Wildman–Crippen MR) is 104 cm³/mol. The maximum Gasteiger partial charge on any atom is 0.416 e. The molecule has 0 spiro atoms. The Kier molecular flexibility index (Phi) is 4.82. The van der Waals surface area contributed by atoms with Crippen LogP contribution in [-0.2, 0) is 25.7 Å². The minimum atomic E-state index is -4.36. The number of rotatable bonds is 4. The maximum absolute atomic E-state index is 12.8. The average Bonchev–Trinajstić information content (AvgIpc) is 3.45. The second-order valence-corrected chi connectivity index (χ2v) is 7.36. The molecule has 4 aromatic rings. The average molecular weight is 426 g/mol. The molecule has 0 fully saturated rings. The Labute approximate surface area is 175 Å². The number of alkyl halides is 3. The molecule has 9 heteroatoms. The van der Waals surface area contributed by atoms with E-state index in [0.717, 1.165) is 35.6 Å². The van der Waals surface area contributed by atoms with Crippen LogP contribution in [0.4, 0.5) is 13.2 Å². The van der Waals surface area contributed by atoms with Crippen LogP contribution in [0.5, 0.6) is 0 Å². The van der Waals surface area contributed by atoms with Gasteiger partial charge >= 0.3 is 6.18 Å². The Morgan fingerprint density at radius 2 is 1.90 bits per heavy atom. The van der Waals surface area contributed by atoms with Crippen LogP contribution >= 0.6 is 0 Å². The highest BCUT2D eigenvalue weighted by Crippen LogP contribution is 2.31. The molecule has 1 aliphatic heterocycles. The van der Waals surface area contributed by atoms with Gasteiger partial charge in [-0.2, -0.15) is 13.2 Å². The molecule has 6 nitrogen and oxygen atoms in total. The summed E-state index contributed by atoms with van der Waals surface area (Å²) in [6.07, 6.45) is -0.313. The van der Waals surface area contributed by atoms with Gasteiger partial charge in [-0.25, -0.2) is 9.97 Å². The molecule has 0 radical (unpaired) electrons. The summed E-state index contributed by atoms with van der Waals surface area (Å²) < 4.78 is 49.0. The van der Waals surface area contributed by atoms with Crippen molar-refractivity contribution in [1.29, 1.82) is 0 Å². The van der Waals surface area contributed by atoms with Crippen molar-refractivity contribution < 1.29 is 22.1 Å². The summed E-state index contributed by atoms with van der Waals surface area (Å²) in [6.45, 7) is 2.05. The van der Waals surface area contributed by atoms with Gasteiger partial charge in [-0.15, -0.1) is 0 Å². The zero-order valence-electron chi connectivity index (χ0n) is 16.3. The van der Waals surface area contributed by atoms with Crippen LogP contribution in [0.25, 0.3) is 22.9 Å². The molecule has 158 valence electrons. The van der Waals surface area contributed by atoms with E-state index < -0.39 is 11.7 Å². The lowest BCUT2D eigenvalue weighted by Gasteiger charge is -2.27. The van der Waals surface area contributed by atoms with Crippen molar-refractivity contribution >= 4 is 0 Å². The third kappa shape index (κ3) is 4.09. The minimum absolute atomic E-state index is 0.431. The van der Waals surface area contributed by atoms with E-state index in [1.54, 1.807) is 18.5 Å². The van der Waals surface area contributed by atoms with Gasteiger partial charge in [0.15, 0.2) is 11.6 Å². The maximum atomic E-state index is 12.8. The first-order valence-corrected chi connectivity index (χ1v) is 9.70. The quantitative estimate of drug-likeness (QED) is 0.459. The van der Waals surface area contributed by atoms with Crippen molar-refractivity contribution in [2.75, 3.05) is 6.54 Å². The molecule has 0 bridgehead atoms. The van der Waals surface area contributed by atoms with E-state index in [2.05, 4.69) is 20.0 Å². The molecule has 0 unspecified atom stereocenters. The molecular weight excluding hydrogens is 409 g/mol. The summed E-state index contributed by atoms with van der Waals surface area (Å²) in [7, 11) is 0. The van der Waals surface area contributed by atoms with Crippen LogP contribution in [0.3, 0.4) is 0 Å². The van der Waals surface area contributed by atoms with Crippen LogP contribution < -0.4 is 0 Å². The molecule has 0 N–H and O–H groups in total. The lowest BCUT2D eigenvalue weighted by molar-refractivity contribution is -0.137. The van der Waals surface area contributed by atoms with Gasteiger partial charge in [-0.1, -0.05) is 17.3 Å². The zero-order chi connectivity index (χ0) is 21.4. The van der Waals surface area contributed by atoms with Crippen LogP contribution in [0.1, 0.15) is 22.5 Å². The molecular formula is C22H17F3N4O2. The predicted octanol–water partition coefficient (Wildman–Crippen LogP) is 4.97. The lowest BCUT2D eigenvalue weighted by atomic mass is 10.1. The third-order valence-corrected chi connectivity index (χ3v) is 5.19. The fourth-order valence-electron chi connectivity index (χ4n) is 3.61.